The van der Waals surface area contributed by atoms with Gasteiger partial charge in [0.25, 0.3) is 0 Å². The molecule has 72 valence electrons. The topological polar surface area (TPSA) is 72.2 Å². The molecule has 0 amide bonds. The number of hydrogen-bond acceptors (Lipinski definition) is 3. The Morgan fingerprint density at radius 2 is 2.08 bits per heavy atom. The first-order valence-electron chi connectivity index (χ1n) is 4.12. The standard InChI is InChI=1S/C7H10N2O3S/c10-13(11,12)9-5-8-6-3-1-2-4-7(6)9/h5H,1-4H2,(H,10,11,12). The van der Waals surface area contributed by atoms with Gasteiger partial charge >= 0.3 is 10.3 Å². The maximum Gasteiger partial charge on any atom is 0.364 e. The zero-order valence-electron chi connectivity index (χ0n) is 6.97. The zero-order chi connectivity index (χ0) is 9.47. The summed E-state index contributed by atoms with van der Waals surface area (Å²) in [6.45, 7) is 0. The van der Waals surface area contributed by atoms with E-state index in [9.17, 15) is 8.42 Å². The van der Waals surface area contributed by atoms with Gasteiger partial charge in [0.1, 0.15) is 6.33 Å². The predicted molar refractivity (Wildman–Crippen MR) is 45.8 cm³/mol. The van der Waals surface area contributed by atoms with Crippen LogP contribution in [0.2, 0.25) is 0 Å². The third kappa shape index (κ3) is 1.47. The Labute approximate surface area is 76.3 Å². The van der Waals surface area contributed by atoms with Crippen LogP contribution < -0.4 is 0 Å². The van der Waals surface area contributed by atoms with Crippen LogP contribution in [0.15, 0.2) is 6.33 Å². The highest BCUT2D eigenvalue weighted by molar-refractivity contribution is 7.84. The highest BCUT2D eigenvalue weighted by atomic mass is 32.2. The van der Waals surface area contributed by atoms with Crippen LogP contribution in [0, 0.1) is 0 Å². The Morgan fingerprint density at radius 3 is 2.77 bits per heavy atom. The van der Waals surface area contributed by atoms with Crippen molar-refractivity contribution in [1.29, 1.82) is 0 Å². The smallest absolute Gasteiger partial charge is 0.269 e. The van der Waals surface area contributed by atoms with E-state index in [0.29, 0.717) is 12.1 Å². The lowest BCUT2D eigenvalue weighted by Crippen LogP contribution is -2.15. The van der Waals surface area contributed by atoms with E-state index in [1.165, 1.54) is 6.33 Å². The van der Waals surface area contributed by atoms with Crippen LogP contribution in [-0.4, -0.2) is 21.9 Å². The van der Waals surface area contributed by atoms with Crippen molar-refractivity contribution in [2.45, 2.75) is 25.7 Å². The summed E-state index contributed by atoms with van der Waals surface area (Å²) in [5.41, 5.74) is 1.43. The molecule has 1 aromatic rings. The van der Waals surface area contributed by atoms with Gasteiger partial charge in [-0.1, -0.05) is 0 Å². The Bertz CT molecular complexity index is 421. The first-order valence-corrected chi connectivity index (χ1v) is 5.52. The molecular formula is C7H10N2O3S. The monoisotopic (exact) mass is 202 g/mol. The number of nitrogens with zero attached hydrogens (tertiary/aromatic N) is 2. The molecule has 0 aromatic carbocycles. The summed E-state index contributed by atoms with van der Waals surface area (Å²) in [4.78, 5) is 3.95. The molecule has 1 heterocycles. The Morgan fingerprint density at radius 1 is 1.38 bits per heavy atom. The fourth-order valence-electron chi connectivity index (χ4n) is 1.64. The molecule has 0 aliphatic heterocycles. The number of aryl methyl sites for hydroxylation is 1. The van der Waals surface area contributed by atoms with Gasteiger partial charge in [0.05, 0.1) is 11.4 Å². The minimum atomic E-state index is -4.15. The lowest BCUT2D eigenvalue weighted by atomic mass is 10.0. The number of rotatable bonds is 1. The SMILES string of the molecule is O=S(=O)(O)n1cnc2c1CCCC2. The molecule has 1 aliphatic rings. The lowest BCUT2D eigenvalue weighted by molar-refractivity contribution is 0.469. The average Bonchev–Trinajstić information content (AvgIpc) is 2.45. The highest BCUT2D eigenvalue weighted by Gasteiger charge is 2.20. The molecule has 0 fully saturated rings. The van der Waals surface area contributed by atoms with Crippen molar-refractivity contribution in [2.24, 2.45) is 0 Å². The van der Waals surface area contributed by atoms with Crippen molar-refractivity contribution in [1.82, 2.24) is 8.96 Å². The molecule has 0 atom stereocenters. The third-order valence-corrected chi connectivity index (χ3v) is 3.06. The van der Waals surface area contributed by atoms with Crippen LogP contribution in [0.3, 0.4) is 0 Å². The second kappa shape index (κ2) is 2.81. The van der Waals surface area contributed by atoms with Gasteiger partial charge in [-0.3, -0.25) is 4.55 Å². The van der Waals surface area contributed by atoms with Gasteiger partial charge in [0, 0.05) is 0 Å². The van der Waals surface area contributed by atoms with Crippen molar-refractivity contribution in [3.63, 3.8) is 0 Å². The quantitative estimate of drug-likeness (QED) is 0.669. The molecule has 0 saturated heterocycles. The molecule has 0 radical (unpaired) electrons. The van der Waals surface area contributed by atoms with E-state index >= 15 is 0 Å². The van der Waals surface area contributed by atoms with Crippen LogP contribution in [-0.2, 0) is 23.1 Å². The van der Waals surface area contributed by atoms with Crippen LogP contribution in [0.5, 0.6) is 0 Å². The average molecular weight is 202 g/mol. The third-order valence-electron chi connectivity index (χ3n) is 2.24. The van der Waals surface area contributed by atoms with Crippen molar-refractivity contribution in [2.75, 3.05) is 0 Å². The Hall–Kier alpha value is -0.880. The van der Waals surface area contributed by atoms with E-state index in [1.54, 1.807) is 0 Å². The van der Waals surface area contributed by atoms with Gasteiger partial charge in [0.2, 0.25) is 0 Å². The molecule has 1 aliphatic carbocycles. The number of fused-ring (bicyclic) bond motifs is 1. The van der Waals surface area contributed by atoms with Gasteiger partial charge in [-0.05, 0) is 25.7 Å². The van der Waals surface area contributed by atoms with Crippen molar-refractivity contribution >= 4 is 10.3 Å². The minimum absolute atomic E-state index is 0.633. The zero-order valence-corrected chi connectivity index (χ0v) is 7.79. The van der Waals surface area contributed by atoms with E-state index in [4.69, 9.17) is 4.55 Å². The van der Waals surface area contributed by atoms with Gasteiger partial charge in [-0.15, -0.1) is 0 Å². The van der Waals surface area contributed by atoms with Gasteiger partial charge in [0.15, 0.2) is 0 Å². The normalized spacial score (nSPS) is 17.0. The van der Waals surface area contributed by atoms with Gasteiger partial charge in [-0.25, -0.2) is 8.96 Å². The molecule has 5 nitrogen and oxygen atoms in total. The minimum Gasteiger partial charge on any atom is -0.269 e. The highest BCUT2D eigenvalue weighted by Crippen LogP contribution is 2.20. The molecule has 0 bridgehead atoms. The maximum absolute atomic E-state index is 10.8. The van der Waals surface area contributed by atoms with Crippen LogP contribution in [0.1, 0.15) is 24.2 Å². The predicted octanol–water partition coefficient (Wildman–Crippen LogP) is 0.413. The van der Waals surface area contributed by atoms with Gasteiger partial charge in [-0.2, -0.15) is 8.42 Å². The summed E-state index contributed by atoms with van der Waals surface area (Å²) < 4.78 is 31.4. The fraction of sp³-hybridized carbons (Fsp3) is 0.571. The van der Waals surface area contributed by atoms with Crippen molar-refractivity contribution < 1.29 is 13.0 Å². The molecule has 0 unspecified atom stereocenters. The molecule has 13 heavy (non-hydrogen) atoms. The lowest BCUT2D eigenvalue weighted by Gasteiger charge is -2.11. The van der Waals surface area contributed by atoms with Crippen LogP contribution in [0.25, 0.3) is 0 Å². The second-order valence-corrected chi connectivity index (χ2v) is 4.41. The number of hydrogen-bond donors (Lipinski definition) is 1. The molecule has 0 saturated carbocycles. The Balaban J connectivity index is 2.55. The first kappa shape index (κ1) is 8.71. The molecule has 0 spiro atoms. The van der Waals surface area contributed by atoms with E-state index in [0.717, 1.165) is 28.9 Å². The fourth-order valence-corrected chi connectivity index (χ4v) is 2.28. The molecule has 1 aromatic heterocycles. The largest absolute Gasteiger partial charge is 0.364 e. The maximum atomic E-state index is 10.8. The summed E-state index contributed by atoms with van der Waals surface area (Å²) in [6, 6.07) is 0. The summed E-state index contributed by atoms with van der Waals surface area (Å²) in [5.74, 6) is 0. The van der Waals surface area contributed by atoms with Crippen LogP contribution in [0.4, 0.5) is 0 Å². The van der Waals surface area contributed by atoms with Crippen LogP contribution >= 0.6 is 0 Å². The molecule has 2 rings (SSSR count). The Kier molecular flexibility index (Phi) is 1.88. The molecule has 6 heteroatoms. The summed E-state index contributed by atoms with van der Waals surface area (Å²) in [6.07, 6.45) is 4.64. The molecular weight excluding hydrogens is 192 g/mol. The summed E-state index contributed by atoms with van der Waals surface area (Å²) >= 11 is 0. The number of imidazole rings is 1. The first-order chi connectivity index (χ1) is 6.09. The van der Waals surface area contributed by atoms with E-state index in [2.05, 4.69) is 4.98 Å². The van der Waals surface area contributed by atoms with Crippen molar-refractivity contribution in [3.05, 3.63) is 17.7 Å². The van der Waals surface area contributed by atoms with E-state index in [-0.39, 0.29) is 0 Å². The summed E-state index contributed by atoms with van der Waals surface area (Å²) in [7, 11) is -4.15. The van der Waals surface area contributed by atoms with E-state index in [1.807, 2.05) is 0 Å². The molecule has 1 N–H and O–H groups in total. The van der Waals surface area contributed by atoms with Crippen molar-refractivity contribution in [3.8, 4) is 0 Å². The second-order valence-electron chi connectivity index (χ2n) is 3.12. The summed E-state index contributed by atoms with van der Waals surface area (Å²) in [5, 5.41) is 0. The van der Waals surface area contributed by atoms with Gasteiger partial charge < -0.3 is 0 Å². The number of aromatic nitrogens is 2. The van der Waals surface area contributed by atoms with E-state index < -0.39 is 10.3 Å².